The van der Waals surface area contributed by atoms with E-state index in [0.29, 0.717) is 12.0 Å². The van der Waals surface area contributed by atoms with Crippen LogP contribution in [-0.4, -0.2) is 60.1 Å². The van der Waals surface area contributed by atoms with E-state index in [1.807, 2.05) is 52.8 Å². The van der Waals surface area contributed by atoms with Crippen LogP contribution in [0.1, 0.15) is 77.1 Å². The third-order valence-electron chi connectivity index (χ3n) is 6.38. The van der Waals surface area contributed by atoms with E-state index in [0.717, 1.165) is 17.5 Å². The summed E-state index contributed by atoms with van der Waals surface area (Å²) in [6.45, 7) is 14.8. The lowest BCUT2D eigenvalue weighted by atomic mass is 9.96. The molecule has 0 spiro atoms. The van der Waals surface area contributed by atoms with Crippen LogP contribution in [0.25, 0.3) is 0 Å². The number of esters is 1. The number of nitrogens with zero attached hydrogens (tertiary/aromatic N) is 1. The number of carbonyl (C=O) groups excluding carboxylic acids is 4. The van der Waals surface area contributed by atoms with Gasteiger partial charge in [-0.15, -0.1) is 0 Å². The summed E-state index contributed by atoms with van der Waals surface area (Å²) in [5, 5.41) is 5.38. The van der Waals surface area contributed by atoms with E-state index in [1.54, 1.807) is 25.7 Å². The lowest BCUT2D eigenvalue weighted by molar-refractivity contribution is -0.145. The van der Waals surface area contributed by atoms with Crippen LogP contribution in [0, 0.1) is 25.7 Å². The van der Waals surface area contributed by atoms with Gasteiger partial charge in [0, 0.05) is 6.04 Å². The first-order valence-electron chi connectivity index (χ1n) is 12.9. The fraction of sp³-hybridized carbons (Fsp3) is 0.643. The Kier molecular flexibility index (Phi) is 10.1. The molecule has 1 aromatic rings. The molecule has 1 saturated carbocycles. The highest BCUT2D eigenvalue weighted by Crippen LogP contribution is 2.41. The van der Waals surface area contributed by atoms with E-state index in [9.17, 15) is 19.2 Å². The monoisotopic (exact) mass is 517 g/mol. The first kappa shape index (κ1) is 30.1. The Morgan fingerprint density at radius 3 is 2.22 bits per heavy atom. The van der Waals surface area contributed by atoms with Crippen LogP contribution >= 0.6 is 0 Å². The van der Waals surface area contributed by atoms with Crippen molar-refractivity contribution in [2.24, 2.45) is 11.8 Å². The number of aryl methyl sites for hydroxylation is 2. The standard InChI is InChI=1S/C28H43N3O6/c1-16(2)12-21(30-27(35)37-28(6,7)8)26(34)31(22-14-19(22)5)24(25(33)29-15-23(32)36-9)20-11-10-17(3)18(4)13-20/h10-11,13,16,19,21-22,24H,12,14-15H2,1-9H3,(H,29,33)(H,30,35). The van der Waals surface area contributed by atoms with Gasteiger partial charge in [-0.2, -0.15) is 0 Å². The second kappa shape index (κ2) is 12.4. The van der Waals surface area contributed by atoms with Crippen LogP contribution in [0.3, 0.4) is 0 Å². The zero-order valence-corrected chi connectivity index (χ0v) is 23.6. The third-order valence-corrected chi connectivity index (χ3v) is 6.38. The van der Waals surface area contributed by atoms with Crippen LogP contribution in [0.15, 0.2) is 18.2 Å². The SMILES string of the molecule is COC(=O)CNC(=O)C(c1ccc(C)c(C)c1)N(C(=O)C(CC(C)C)NC(=O)OC(C)(C)C)C1CC1C. The molecule has 0 aliphatic heterocycles. The number of rotatable bonds is 10. The molecule has 9 nitrogen and oxygen atoms in total. The number of carbonyl (C=O) groups is 4. The number of hydrogen-bond acceptors (Lipinski definition) is 6. The Hall–Kier alpha value is -3.10. The van der Waals surface area contributed by atoms with Gasteiger partial charge in [-0.1, -0.05) is 39.0 Å². The van der Waals surface area contributed by atoms with E-state index in [4.69, 9.17) is 4.74 Å². The molecule has 0 radical (unpaired) electrons. The van der Waals surface area contributed by atoms with Gasteiger partial charge in [0.05, 0.1) is 7.11 Å². The van der Waals surface area contributed by atoms with E-state index >= 15 is 0 Å². The summed E-state index contributed by atoms with van der Waals surface area (Å²) >= 11 is 0. The van der Waals surface area contributed by atoms with Gasteiger partial charge in [0.2, 0.25) is 11.8 Å². The molecule has 4 unspecified atom stereocenters. The summed E-state index contributed by atoms with van der Waals surface area (Å²) in [4.78, 5) is 53.7. The molecule has 0 aromatic heterocycles. The predicted molar refractivity (Wildman–Crippen MR) is 141 cm³/mol. The molecule has 1 aliphatic rings. The van der Waals surface area contributed by atoms with Crippen LogP contribution in [0.4, 0.5) is 4.79 Å². The van der Waals surface area contributed by atoms with Crippen molar-refractivity contribution in [3.63, 3.8) is 0 Å². The van der Waals surface area contributed by atoms with Gasteiger partial charge in [-0.3, -0.25) is 14.4 Å². The van der Waals surface area contributed by atoms with Crippen molar-refractivity contribution in [2.45, 2.75) is 92.0 Å². The molecule has 9 heteroatoms. The molecule has 2 rings (SSSR count). The summed E-state index contributed by atoms with van der Waals surface area (Å²) in [5.41, 5.74) is 1.94. The van der Waals surface area contributed by atoms with E-state index < -0.39 is 35.7 Å². The molecule has 206 valence electrons. The summed E-state index contributed by atoms with van der Waals surface area (Å²) in [7, 11) is 1.25. The van der Waals surface area contributed by atoms with Crippen molar-refractivity contribution >= 4 is 23.9 Å². The van der Waals surface area contributed by atoms with Gasteiger partial charge in [0.1, 0.15) is 24.2 Å². The molecular formula is C28H43N3O6. The largest absolute Gasteiger partial charge is 0.468 e. The third kappa shape index (κ3) is 8.76. The fourth-order valence-corrected chi connectivity index (χ4v) is 4.20. The van der Waals surface area contributed by atoms with Gasteiger partial charge in [-0.25, -0.2) is 4.79 Å². The normalized spacial score (nSPS) is 18.4. The number of hydrogen-bond donors (Lipinski definition) is 2. The number of nitrogens with one attached hydrogen (secondary N) is 2. The molecule has 2 N–H and O–H groups in total. The molecular weight excluding hydrogens is 474 g/mol. The molecule has 4 atom stereocenters. The van der Waals surface area contributed by atoms with E-state index in [-0.39, 0.29) is 30.3 Å². The maximum Gasteiger partial charge on any atom is 0.408 e. The van der Waals surface area contributed by atoms with Gasteiger partial charge >= 0.3 is 12.1 Å². The Balaban J connectivity index is 2.51. The Morgan fingerprint density at radius 2 is 1.73 bits per heavy atom. The van der Waals surface area contributed by atoms with E-state index in [1.165, 1.54) is 7.11 Å². The lowest BCUT2D eigenvalue weighted by Gasteiger charge is -2.35. The van der Waals surface area contributed by atoms with Crippen molar-refractivity contribution in [2.75, 3.05) is 13.7 Å². The number of amides is 3. The van der Waals surface area contributed by atoms with Gasteiger partial charge in [0.25, 0.3) is 0 Å². The van der Waals surface area contributed by atoms with E-state index in [2.05, 4.69) is 15.4 Å². The van der Waals surface area contributed by atoms with Gasteiger partial charge in [-0.05, 0) is 76.0 Å². The molecule has 1 aromatic carbocycles. The molecule has 37 heavy (non-hydrogen) atoms. The van der Waals surface area contributed by atoms with Crippen molar-refractivity contribution < 1.29 is 28.7 Å². The van der Waals surface area contributed by atoms with Crippen LogP contribution in [0.5, 0.6) is 0 Å². The highest BCUT2D eigenvalue weighted by atomic mass is 16.6. The van der Waals surface area contributed by atoms with Crippen molar-refractivity contribution in [1.29, 1.82) is 0 Å². The Morgan fingerprint density at radius 1 is 1.11 bits per heavy atom. The van der Waals surface area contributed by atoms with Crippen molar-refractivity contribution in [3.05, 3.63) is 34.9 Å². The molecule has 0 heterocycles. The van der Waals surface area contributed by atoms with Crippen LogP contribution < -0.4 is 10.6 Å². The first-order valence-corrected chi connectivity index (χ1v) is 12.9. The highest BCUT2D eigenvalue weighted by Gasteiger charge is 2.48. The van der Waals surface area contributed by atoms with Crippen LogP contribution in [0.2, 0.25) is 0 Å². The summed E-state index contributed by atoms with van der Waals surface area (Å²) < 4.78 is 10.1. The lowest BCUT2D eigenvalue weighted by Crippen LogP contribution is -2.54. The Bertz CT molecular complexity index is 1000. The summed E-state index contributed by atoms with van der Waals surface area (Å²) in [5.74, 6) is -1.15. The maximum absolute atomic E-state index is 14.2. The van der Waals surface area contributed by atoms with Gasteiger partial charge < -0.3 is 25.0 Å². The average Bonchev–Trinajstić information content (AvgIpc) is 3.50. The smallest absolute Gasteiger partial charge is 0.408 e. The second-order valence-electron chi connectivity index (χ2n) is 11.4. The average molecular weight is 518 g/mol. The predicted octanol–water partition coefficient (Wildman–Crippen LogP) is 3.81. The maximum atomic E-state index is 14.2. The first-order chi connectivity index (χ1) is 17.1. The minimum Gasteiger partial charge on any atom is -0.468 e. The zero-order valence-electron chi connectivity index (χ0n) is 23.6. The molecule has 1 fully saturated rings. The van der Waals surface area contributed by atoms with Gasteiger partial charge in [0.15, 0.2) is 0 Å². The number of alkyl carbamates (subject to hydrolysis) is 1. The molecule has 1 aliphatic carbocycles. The topological polar surface area (TPSA) is 114 Å². The summed E-state index contributed by atoms with van der Waals surface area (Å²) in [6, 6.07) is 3.58. The minimum atomic E-state index is -0.985. The molecule has 3 amide bonds. The molecule has 0 saturated heterocycles. The zero-order chi connectivity index (χ0) is 28.1. The number of methoxy groups -OCH3 is 1. The minimum absolute atomic E-state index is 0.0931. The van der Waals surface area contributed by atoms with Crippen molar-refractivity contribution in [3.8, 4) is 0 Å². The van der Waals surface area contributed by atoms with Crippen molar-refractivity contribution in [1.82, 2.24) is 15.5 Å². The van der Waals surface area contributed by atoms with Crippen LogP contribution in [-0.2, 0) is 23.9 Å². The number of ether oxygens (including phenoxy) is 2. The number of benzene rings is 1. The highest BCUT2D eigenvalue weighted by molar-refractivity contribution is 5.93. The fourth-order valence-electron chi connectivity index (χ4n) is 4.20. The quantitative estimate of drug-likeness (QED) is 0.456. The summed E-state index contributed by atoms with van der Waals surface area (Å²) in [6.07, 6.45) is 0.422. The molecule has 0 bridgehead atoms. The Labute approximate surface area is 220 Å². The second-order valence-corrected chi connectivity index (χ2v) is 11.4.